The summed E-state index contributed by atoms with van der Waals surface area (Å²) in [4.78, 5) is 38.3. The minimum Gasteiger partial charge on any atom is -0.493 e. The first-order valence-electron chi connectivity index (χ1n) is 10.0. The van der Waals surface area contributed by atoms with Gasteiger partial charge < -0.3 is 25.0 Å². The summed E-state index contributed by atoms with van der Waals surface area (Å²) in [5, 5.41) is 5.25. The lowest BCUT2D eigenvalue weighted by Crippen LogP contribution is -2.41. The molecule has 3 amide bonds. The van der Waals surface area contributed by atoms with Gasteiger partial charge in [0, 0.05) is 18.3 Å². The fraction of sp³-hybridized carbons (Fsp3) is 0.348. The first-order chi connectivity index (χ1) is 15.5. The van der Waals surface area contributed by atoms with E-state index in [9.17, 15) is 23.2 Å². The monoisotopic (exact) mass is 463 g/mol. The van der Waals surface area contributed by atoms with Gasteiger partial charge in [-0.15, -0.1) is 0 Å². The molecule has 0 saturated heterocycles. The number of nitrogens with zero attached hydrogens (tertiary/aromatic N) is 1. The van der Waals surface area contributed by atoms with Crippen molar-refractivity contribution < 1.29 is 32.6 Å². The number of alkyl halides is 2. The second-order valence-corrected chi connectivity index (χ2v) is 7.50. The van der Waals surface area contributed by atoms with Crippen molar-refractivity contribution in [2.24, 2.45) is 0 Å². The molecule has 0 spiro atoms. The zero-order chi connectivity index (χ0) is 24.7. The fourth-order valence-electron chi connectivity index (χ4n) is 3.25. The molecule has 0 aliphatic rings. The van der Waals surface area contributed by atoms with Gasteiger partial charge in [0.25, 0.3) is 5.91 Å². The summed E-state index contributed by atoms with van der Waals surface area (Å²) in [6.45, 7) is 2.15. The highest BCUT2D eigenvalue weighted by Gasteiger charge is 2.18. The zero-order valence-electron chi connectivity index (χ0n) is 19.1. The first-order valence-corrected chi connectivity index (χ1v) is 10.0. The lowest BCUT2D eigenvalue weighted by atomic mass is 10.1. The third-order valence-corrected chi connectivity index (χ3v) is 4.79. The quantitative estimate of drug-likeness (QED) is 0.596. The Morgan fingerprint density at radius 3 is 2.24 bits per heavy atom. The molecule has 33 heavy (non-hydrogen) atoms. The average Bonchev–Trinajstić information content (AvgIpc) is 2.74. The summed E-state index contributed by atoms with van der Waals surface area (Å²) in [6, 6.07) is 7.57. The SMILES string of the molecule is COc1cc(C(=O)NCC(=O)N(C)CC(=O)Nc2c(C)cc(C)cc2C)ccc1OC(F)F. The van der Waals surface area contributed by atoms with E-state index in [1.807, 2.05) is 32.9 Å². The van der Waals surface area contributed by atoms with Crippen molar-refractivity contribution in [2.75, 3.05) is 32.6 Å². The summed E-state index contributed by atoms with van der Waals surface area (Å²) in [5.41, 5.74) is 3.71. The molecule has 178 valence electrons. The van der Waals surface area contributed by atoms with E-state index in [0.29, 0.717) is 5.69 Å². The van der Waals surface area contributed by atoms with E-state index in [1.54, 1.807) is 0 Å². The van der Waals surface area contributed by atoms with Gasteiger partial charge in [-0.25, -0.2) is 0 Å². The van der Waals surface area contributed by atoms with Crippen LogP contribution in [0.4, 0.5) is 14.5 Å². The Kier molecular flexibility index (Phi) is 8.72. The van der Waals surface area contributed by atoms with Gasteiger partial charge >= 0.3 is 6.61 Å². The van der Waals surface area contributed by atoms with Crippen molar-refractivity contribution >= 4 is 23.4 Å². The molecule has 2 N–H and O–H groups in total. The molecule has 2 aromatic carbocycles. The number of methoxy groups -OCH3 is 1. The maximum atomic E-state index is 12.4. The molecule has 0 saturated carbocycles. The molecule has 10 heteroatoms. The molecule has 0 fully saturated rings. The van der Waals surface area contributed by atoms with Crippen LogP contribution in [0.1, 0.15) is 27.0 Å². The van der Waals surface area contributed by atoms with Crippen LogP contribution in [-0.4, -0.2) is 56.5 Å². The van der Waals surface area contributed by atoms with Gasteiger partial charge in [0.1, 0.15) is 0 Å². The van der Waals surface area contributed by atoms with E-state index in [-0.39, 0.29) is 36.1 Å². The minimum atomic E-state index is -3.04. The molecule has 2 aromatic rings. The number of rotatable bonds is 9. The molecule has 0 aliphatic carbocycles. The summed E-state index contributed by atoms with van der Waals surface area (Å²) >= 11 is 0. The minimum absolute atomic E-state index is 0.0511. The van der Waals surface area contributed by atoms with E-state index in [2.05, 4.69) is 15.4 Å². The molecular formula is C23H27F2N3O5. The highest BCUT2D eigenvalue weighted by molar-refractivity contribution is 5.98. The number of hydrogen-bond acceptors (Lipinski definition) is 5. The van der Waals surface area contributed by atoms with E-state index < -0.39 is 18.4 Å². The van der Waals surface area contributed by atoms with Crippen molar-refractivity contribution in [3.8, 4) is 11.5 Å². The molecule has 0 aliphatic heterocycles. The third kappa shape index (κ3) is 7.16. The van der Waals surface area contributed by atoms with Gasteiger partial charge in [-0.2, -0.15) is 8.78 Å². The Morgan fingerprint density at radius 1 is 1.03 bits per heavy atom. The van der Waals surface area contributed by atoms with Crippen LogP contribution in [-0.2, 0) is 9.59 Å². The predicted octanol–water partition coefficient (Wildman–Crippen LogP) is 3.05. The largest absolute Gasteiger partial charge is 0.493 e. The van der Waals surface area contributed by atoms with Gasteiger partial charge in [-0.3, -0.25) is 14.4 Å². The Bertz CT molecular complexity index is 1020. The topological polar surface area (TPSA) is 97.0 Å². The van der Waals surface area contributed by atoms with Crippen LogP contribution in [0.5, 0.6) is 11.5 Å². The van der Waals surface area contributed by atoms with Gasteiger partial charge in [0.2, 0.25) is 11.8 Å². The lowest BCUT2D eigenvalue weighted by molar-refractivity contribution is -0.132. The van der Waals surface area contributed by atoms with Gasteiger partial charge in [0.15, 0.2) is 11.5 Å². The zero-order valence-corrected chi connectivity index (χ0v) is 19.1. The number of carbonyl (C=O) groups excluding carboxylic acids is 3. The summed E-state index contributed by atoms with van der Waals surface area (Å²) in [5.74, 6) is -1.74. The number of carbonyl (C=O) groups is 3. The second kappa shape index (κ2) is 11.3. The molecule has 0 atom stereocenters. The summed E-state index contributed by atoms with van der Waals surface area (Å²) in [7, 11) is 2.70. The highest BCUT2D eigenvalue weighted by atomic mass is 19.3. The number of halogens is 2. The maximum absolute atomic E-state index is 12.4. The number of anilines is 1. The van der Waals surface area contributed by atoms with E-state index in [0.717, 1.165) is 16.7 Å². The molecule has 2 rings (SSSR count). The van der Waals surface area contributed by atoms with Crippen LogP contribution in [0.15, 0.2) is 30.3 Å². The molecule has 8 nitrogen and oxygen atoms in total. The maximum Gasteiger partial charge on any atom is 0.387 e. The molecule has 0 radical (unpaired) electrons. The van der Waals surface area contributed by atoms with Crippen LogP contribution < -0.4 is 20.1 Å². The number of hydrogen-bond donors (Lipinski definition) is 2. The molecule has 0 aromatic heterocycles. The number of nitrogens with one attached hydrogen (secondary N) is 2. The second-order valence-electron chi connectivity index (χ2n) is 7.50. The smallest absolute Gasteiger partial charge is 0.387 e. The highest BCUT2D eigenvalue weighted by Crippen LogP contribution is 2.29. The van der Waals surface area contributed by atoms with Gasteiger partial charge in [0.05, 0.1) is 20.2 Å². The van der Waals surface area contributed by atoms with E-state index >= 15 is 0 Å². The predicted molar refractivity (Wildman–Crippen MR) is 119 cm³/mol. The average molecular weight is 463 g/mol. The number of aryl methyl sites for hydroxylation is 3. The van der Waals surface area contributed by atoms with Crippen LogP contribution >= 0.6 is 0 Å². The Hall–Kier alpha value is -3.69. The Labute approximate surface area is 190 Å². The summed E-state index contributed by atoms with van der Waals surface area (Å²) in [6.07, 6.45) is 0. The molecular weight excluding hydrogens is 436 g/mol. The van der Waals surface area contributed by atoms with E-state index in [4.69, 9.17) is 4.74 Å². The Morgan fingerprint density at radius 2 is 1.67 bits per heavy atom. The van der Waals surface area contributed by atoms with Gasteiger partial charge in [-0.05, 0) is 50.1 Å². The van der Waals surface area contributed by atoms with Crippen LogP contribution in [0, 0.1) is 20.8 Å². The van der Waals surface area contributed by atoms with Crippen molar-refractivity contribution in [2.45, 2.75) is 27.4 Å². The van der Waals surface area contributed by atoms with Crippen LogP contribution in [0.2, 0.25) is 0 Å². The fourth-order valence-corrected chi connectivity index (χ4v) is 3.25. The summed E-state index contributed by atoms with van der Waals surface area (Å²) < 4.78 is 34.1. The van der Waals surface area contributed by atoms with Crippen molar-refractivity contribution in [1.29, 1.82) is 0 Å². The van der Waals surface area contributed by atoms with Gasteiger partial charge in [-0.1, -0.05) is 17.7 Å². The van der Waals surface area contributed by atoms with Crippen molar-refractivity contribution in [1.82, 2.24) is 10.2 Å². The Balaban J connectivity index is 1.92. The van der Waals surface area contributed by atoms with E-state index in [1.165, 1.54) is 37.3 Å². The number of ether oxygens (including phenoxy) is 2. The van der Waals surface area contributed by atoms with Crippen molar-refractivity contribution in [3.05, 3.63) is 52.6 Å². The lowest BCUT2D eigenvalue weighted by Gasteiger charge is -2.19. The normalized spacial score (nSPS) is 10.5. The van der Waals surface area contributed by atoms with Crippen molar-refractivity contribution in [3.63, 3.8) is 0 Å². The number of amides is 3. The number of likely N-dealkylation sites (N-methyl/N-ethyl adjacent to an activating group) is 1. The van der Waals surface area contributed by atoms with Crippen LogP contribution in [0.25, 0.3) is 0 Å². The van der Waals surface area contributed by atoms with Crippen LogP contribution in [0.3, 0.4) is 0 Å². The molecule has 0 heterocycles. The first kappa shape index (κ1) is 25.6. The number of benzene rings is 2. The molecule has 0 unspecified atom stereocenters. The third-order valence-electron chi connectivity index (χ3n) is 4.79. The standard InChI is InChI=1S/C23H27F2N3O5/c1-13-8-14(2)21(15(3)9-13)27-19(29)12-28(4)20(30)11-26-22(31)16-6-7-17(33-23(24)25)18(10-16)32-5/h6-10,23H,11-12H2,1-5H3,(H,26,31)(H,27,29). The molecule has 0 bridgehead atoms.